The lowest BCUT2D eigenvalue weighted by molar-refractivity contribution is 0.487. The molecule has 0 amide bonds. The second-order valence-corrected chi connectivity index (χ2v) is 9.97. The van der Waals surface area contributed by atoms with E-state index in [2.05, 4.69) is 32.0 Å². The van der Waals surface area contributed by atoms with Crippen molar-refractivity contribution in [2.75, 3.05) is 0 Å². The summed E-state index contributed by atoms with van der Waals surface area (Å²) in [5.41, 5.74) is 5.17. The molecule has 0 unspecified atom stereocenters. The summed E-state index contributed by atoms with van der Waals surface area (Å²) in [4.78, 5) is 0. The Kier molecular flexibility index (Phi) is 5.38. The molecule has 0 radical (unpaired) electrons. The molecule has 2 saturated carbocycles. The molecular weight excluding hydrogens is 271 g/mol. The van der Waals surface area contributed by atoms with Crippen LogP contribution < -0.4 is 5.30 Å². The summed E-state index contributed by atoms with van der Waals surface area (Å²) in [7, 11) is 0.0709. The van der Waals surface area contributed by atoms with Crippen LogP contribution in [0, 0.1) is 13.8 Å². The Morgan fingerprint density at radius 1 is 0.762 bits per heavy atom. The van der Waals surface area contributed by atoms with E-state index < -0.39 is 0 Å². The van der Waals surface area contributed by atoms with Crippen LogP contribution in [-0.2, 0) is 0 Å². The molecular formula is C20H31P. The summed E-state index contributed by atoms with van der Waals surface area (Å²) >= 11 is 0. The minimum absolute atomic E-state index is 0.0709. The molecule has 0 bridgehead atoms. The van der Waals surface area contributed by atoms with Gasteiger partial charge in [0.2, 0.25) is 0 Å². The van der Waals surface area contributed by atoms with Gasteiger partial charge in [0.25, 0.3) is 0 Å². The van der Waals surface area contributed by atoms with Crippen molar-refractivity contribution in [2.24, 2.45) is 0 Å². The second kappa shape index (κ2) is 7.28. The van der Waals surface area contributed by atoms with Crippen molar-refractivity contribution in [3.05, 3.63) is 29.3 Å². The lowest BCUT2D eigenvalue weighted by atomic mass is 9.99. The first-order chi connectivity index (χ1) is 10.3. The van der Waals surface area contributed by atoms with Gasteiger partial charge in [0.15, 0.2) is 0 Å². The molecule has 0 saturated heterocycles. The molecule has 0 heterocycles. The molecule has 2 fully saturated rings. The average molecular weight is 302 g/mol. The van der Waals surface area contributed by atoms with Gasteiger partial charge in [-0.3, -0.25) is 0 Å². The van der Waals surface area contributed by atoms with E-state index in [1.165, 1.54) is 69.8 Å². The fraction of sp³-hybridized carbons (Fsp3) is 0.700. The number of aryl methyl sites for hydroxylation is 1. The standard InChI is InChI=1S/C20H31P/c1-16-10-9-15-20(17(16)2)21(18-11-5-3-6-12-18)19-13-7-4-8-14-19/h9-10,15,18-19H,3-8,11-14H2,1-2H3. The molecule has 0 spiro atoms. The van der Waals surface area contributed by atoms with Crippen molar-refractivity contribution in [1.82, 2.24) is 0 Å². The largest absolute Gasteiger partial charge is 0.0687 e. The van der Waals surface area contributed by atoms with E-state index >= 15 is 0 Å². The maximum atomic E-state index is 2.48. The Labute approximate surface area is 132 Å². The highest BCUT2D eigenvalue weighted by Gasteiger charge is 2.32. The average Bonchev–Trinajstić information content (AvgIpc) is 2.54. The monoisotopic (exact) mass is 302 g/mol. The molecule has 3 rings (SSSR count). The Morgan fingerprint density at radius 3 is 1.81 bits per heavy atom. The van der Waals surface area contributed by atoms with Gasteiger partial charge in [-0.05, 0) is 67.3 Å². The summed E-state index contributed by atoms with van der Waals surface area (Å²) < 4.78 is 0. The smallest absolute Gasteiger partial charge is 0.0166 e. The third kappa shape index (κ3) is 3.53. The van der Waals surface area contributed by atoms with Crippen LogP contribution in [0.15, 0.2) is 18.2 Å². The van der Waals surface area contributed by atoms with Crippen LogP contribution in [0.5, 0.6) is 0 Å². The fourth-order valence-electron chi connectivity index (χ4n) is 4.43. The van der Waals surface area contributed by atoms with Crippen LogP contribution in [0.4, 0.5) is 0 Å². The van der Waals surface area contributed by atoms with Crippen LogP contribution in [0.25, 0.3) is 0 Å². The van der Waals surface area contributed by atoms with Crippen molar-refractivity contribution >= 4 is 13.2 Å². The van der Waals surface area contributed by atoms with Gasteiger partial charge < -0.3 is 0 Å². The van der Waals surface area contributed by atoms with Crippen molar-refractivity contribution in [3.8, 4) is 0 Å². The SMILES string of the molecule is Cc1cccc(P(C2CCCCC2)C2CCCCC2)c1C. The van der Waals surface area contributed by atoms with Gasteiger partial charge in [-0.2, -0.15) is 0 Å². The van der Waals surface area contributed by atoms with Gasteiger partial charge >= 0.3 is 0 Å². The highest BCUT2D eigenvalue weighted by Crippen LogP contribution is 2.55. The molecule has 1 heteroatoms. The van der Waals surface area contributed by atoms with E-state index in [0.29, 0.717) is 0 Å². The lowest BCUT2D eigenvalue weighted by Crippen LogP contribution is -2.27. The van der Waals surface area contributed by atoms with Crippen LogP contribution >= 0.6 is 7.92 Å². The predicted molar refractivity (Wildman–Crippen MR) is 96.2 cm³/mol. The maximum Gasteiger partial charge on any atom is -0.0166 e. The molecule has 0 atom stereocenters. The number of benzene rings is 1. The molecule has 0 nitrogen and oxygen atoms in total. The van der Waals surface area contributed by atoms with Crippen LogP contribution in [0.1, 0.15) is 75.3 Å². The second-order valence-electron chi connectivity index (χ2n) is 7.21. The van der Waals surface area contributed by atoms with Gasteiger partial charge in [-0.25, -0.2) is 0 Å². The zero-order valence-electron chi connectivity index (χ0n) is 13.9. The summed E-state index contributed by atoms with van der Waals surface area (Å²) in [6.45, 7) is 4.68. The van der Waals surface area contributed by atoms with Crippen LogP contribution in [-0.4, -0.2) is 11.3 Å². The van der Waals surface area contributed by atoms with E-state index in [4.69, 9.17) is 0 Å². The number of rotatable bonds is 3. The molecule has 0 N–H and O–H groups in total. The third-order valence-electron chi connectivity index (χ3n) is 5.79. The van der Waals surface area contributed by atoms with Crippen molar-refractivity contribution in [3.63, 3.8) is 0 Å². The van der Waals surface area contributed by atoms with E-state index in [0.717, 1.165) is 11.3 Å². The Balaban J connectivity index is 1.91. The molecule has 116 valence electrons. The summed E-state index contributed by atoms with van der Waals surface area (Å²) in [5.74, 6) is 0. The first kappa shape index (κ1) is 15.5. The van der Waals surface area contributed by atoms with E-state index in [1.54, 1.807) is 10.9 Å². The normalized spacial score (nSPS) is 21.9. The van der Waals surface area contributed by atoms with Crippen molar-refractivity contribution < 1.29 is 0 Å². The van der Waals surface area contributed by atoms with Crippen molar-refractivity contribution in [2.45, 2.75) is 89.4 Å². The van der Waals surface area contributed by atoms with Gasteiger partial charge in [-0.1, -0.05) is 64.6 Å². The summed E-state index contributed by atoms with van der Waals surface area (Å²) in [6, 6.07) is 7.10. The first-order valence-electron chi connectivity index (χ1n) is 9.12. The van der Waals surface area contributed by atoms with E-state index in [-0.39, 0.29) is 7.92 Å². The minimum Gasteiger partial charge on any atom is -0.0687 e. The predicted octanol–water partition coefficient (Wildman–Crippen LogP) is 6.08. The molecule has 0 aromatic heterocycles. The third-order valence-corrected chi connectivity index (χ3v) is 9.44. The lowest BCUT2D eigenvalue weighted by Gasteiger charge is -2.39. The van der Waals surface area contributed by atoms with Crippen LogP contribution in [0.3, 0.4) is 0 Å². The van der Waals surface area contributed by atoms with Crippen LogP contribution in [0.2, 0.25) is 0 Å². The van der Waals surface area contributed by atoms with Gasteiger partial charge in [-0.15, -0.1) is 0 Å². The number of hydrogen-bond donors (Lipinski definition) is 0. The quantitative estimate of drug-likeness (QED) is 0.594. The first-order valence-corrected chi connectivity index (χ1v) is 10.6. The highest BCUT2D eigenvalue weighted by molar-refractivity contribution is 7.67. The molecule has 2 aliphatic rings. The highest BCUT2D eigenvalue weighted by atomic mass is 31.1. The Morgan fingerprint density at radius 2 is 1.29 bits per heavy atom. The van der Waals surface area contributed by atoms with E-state index in [9.17, 15) is 0 Å². The Bertz CT molecular complexity index is 435. The number of hydrogen-bond acceptors (Lipinski definition) is 0. The van der Waals surface area contributed by atoms with Gasteiger partial charge in [0.1, 0.15) is 0 Å². The Hall–Kier alpha value is -0.350. The van der Waals surface area contributed by atoms with E-state index in [1.807, 2.05) is 0 Å². The summed E-state index contributed by atoms with van der Waals surface area (Å²) in [6.07, 6.45) is 15.0. The molecule has 0 aliphatic heterocycles. The zero-order valence-corrected chi connectivity index (χ0v) is 14.8. The topological polar surface area (TPSA) is 0 Å². The molecule has 1 aromatic carbocycles. The zero-order chi connectivity index (χ0) is 14.7. The van der Waals surface area contributed by atoms with Crippen molar-refractivity contribution in [1.29, 1.82) is 0 Å². The summed E-state index contributed by atoms with van der Waals surface area (Å²) in [5, 5.41) is 1.77. The minimum atomic E-state index is 0.0709. The van der Waals surface area contributed by atoms with Gasteiger partial charge in [0.05, 0.1) is 0 Å². The fourth-order valence-corrected chi connectivity index (χ4v) is 8.47. The van der Waals surface area contributed by atoms with Gasteiger partial charge in [0, 0.05) is 0 Å². The molecule has 1 aromatic rings. The molecule has 21 heavy (non-hydrogen) atoms. The molecule has 2 aliphatic carbocycles. The maximum absolute atomic E-state index is 2.48.